The Morgan fingerprint density at radius 3 is 2.31 bits per heavy atom. The van der Waals surface area contributed by atoms with Gasteiger partial charge in [0.25, 0.3) is 0 Å². The summed E-state index contributed by atoms with van der Waals surface area (Å²) in [7, 11) is 0. The smallest absolute Gasteiger partial charge is 0.416 e. The zero-order valence-corrected chi connectivity index (χ0v) is 19.2. The molecule has 4 nitrogen and oxygen atoms in total. The van der Waals surface area contributed by atoms with Gasteiger partial charge in [-0.2, -0.15) is 26.3 Å². The number of fused-ring (bicyclic) bond motifs is 1. The highest BCUT2D eigenvalue weighted by Crippen LogP contribution is 2.41. The quantitative estimate of drug-likeness (QED) is 0.535. The fraction of sp³-hybridized carbons (Fsp3) is 0.520. The normalized spacial score (nSPS) is 22.3. The van der Waals surface area contributed by atoms with Gasteiger partial charge in [0.05, 0.1) is 23.3 Å². The van der Waals surface area contributed by atoms with Crippen LogP contribution >= 0.6 is 0 Å². The van der Waals surface area contributed by atoms with Crippen LogP contribution in [0.1, 0.15) is 52.3 Å². The first-order valence-electron chi connectivity index (χ1n) is 11.5. The van der Waals surface area contributed by atoms with Crippen molar-refractivity contribution in [2.45, 2.75) is 57.3 Å². The predicted octanol–water partition coefficient (Wildman–Crippen LogP) is 5.59. The van der Waals surface area contributed by atoms with E-state index in [2.05, 4.69) is 0 Å². The van der Waals surface area contributed by atoms with Crippen molar-refractivity contribution in [2.24, 2.45) is 11.7 Å². The molecular formula is C25H28F6N2O2. The van der Waals surface area contributed by atoms with Crippen molar-refractivity contribution in [3.63, 3.8) is 0 Å². The molecular weight excluding hydrogens is 474 g/mol. The Morgan fingerprint density at radius 2 is 1.71 bits per heavy atom. The van der Waals surface area contributed by atoms with E-state index in [0.717, 1.165) is 16.7 Å². The number of rotatable bonds is 4. The summed E-state index contributed by atoms with van der Waals surface area (Å²) in [6.07, 6.45) is -8.27. The number of hydrogen-bond acceptors (Lipinski definition) is 4. The molecule has 4 rings (SSSR count). The Morgan fingerprint density at radius 1 is 1.03 bits per heavy atom. The highest BCUT2D eigenvalue weighted by molar-refractivity contribution is 5.47. The molecule has 2 aliphatic rings. The SMILES string of the molecule is Cc1ccc2c(c1O)C[C@@H](C1CCN(Cc3cc(C(F)(F)F)ccc3C(F)(F)F)CC1)O[C@H]2CN. The predicted molar refractivity (Wildman–Crippen MR) is 118 cm³/mol. The van der Waals surface area contributed by atoms with E-state index in [1.807, 2.05) is 19.1 Å². The van der Waals surface area contributed by atoms with E-state index in [0.29, 0.717) is 50.6 Å². The van der Waals surface area contributed by atoms with Gasteiger partial charge < -0.3 is 15.6 Å². The molecule has 1 saturated heterocycles. The van der Waals surface area contributed by atoms with Gasteiger partial charge in [0.1, 0.15) is 5.75 Å². The van der Waals surface area contributed by atoms with Crippen molar-refractivity contribution in [1.29, 1.82) is 0 Å². The van der Waals surface area contributed by atoms with Crippen molar-refractivity contribution in [3.8, 4) is 5.75 Å². The molecule has 0 spiro atoms. The number of nitrogens with zero attached hydrogens (tertiary/aromatic N) is 1. The van der Waals surface area contributed by atoms with Gasteiger partial charge in [0.15, 0.2) is 0 Å². The van der Waals surface area contributed by atoms with Crippen molar-refractivity contribution >= 4 is 0 Å². The van der Waals surface area contributed by atoms with Crippen LogP contribution in [0.2, 0.25) is 0 Å². The molecule has 2 heterocycles. The van der Waals surface area contributed by atoms with Crippen LogP contribution in [0.5, 0.6) is 5.75 Å². The number of benzene rings is 2. The number of phenolic OH excluding ortho intramolecular Hbond substituents is 1. The summed E-state index contributed by atoms with van der Waals surface area (Å²) in [5.74, 6) is 0.327. The second-order valence-corrected chi connectivity index (χ2v) is 9.38. The maximum Gasteiger partial charge on any atom is 0.416 e. The molecule has 0 saturated carbocycles. The molecule has 10 heteroatoms. The van der Waals surface area contributed by atoms with Crippen molar-refractivity contribution in [1.82, 2.24) is 4.90 Å². The van der Waals surface area contributed by atoms with E-state index in [9.17, 15) is 31.4 Å². The first-order chi connectivity index (χ1) is 16.4. The number of ether oxygens (including phenoxy) is 1. The van der Waals surface area contributed by atoms with Crippen molar-refractivity contribution < 1.29 is 36.2 Å². The number of alkyl halides is 6. The van der Waals surface area contributed by atoms with E-state index in [1.54, 1.807) is 4.90 Å². The maximum atomic E-state index is 13.4. The molecule has 0 aliphatic carbocycles. The zero-order chi connectivity index (χ0) is 25.5. The molecule has 0 unspecified atom stereocenters. The minimum atomic E-state index is -4.74. The average molecular weight is 502 g/mol. The molecule has 0 radical (unpaired) electrons. The second-order valence-electron chi connectivity index (χ2n) is 9.38. The van der Waals surface area contributed by atoms with E-state index in [-0.39, 0.29) is 42.5 Å². The Bertz CT molecular complexity index is 1060. The molecule has 0 aromatic heterocycles. The van der Waals surface area contributed by atoms with Gasteiger partial charge in [-0.05, 0) is 73.7 Å². The molecule has 2 aliphatic heterocycles. The second kappa shape index (κ2) is 9.63. The van der Waals surface area contributed by atoms with Crippen LogP contribution < -0.4 is 5.73 Å². The van der Waals surface area contributed by atoms with Gasteiger partial charge in [-0.3, -0.25) is 4.90 Å². The van der Waals surface area contributed by atoms with Crippen LogP contribution in [0.4, 0.5) is 26.3 Å². The lowest BCUT2D eigenvalue weighted by Crippen LogP contribution is -2.42. The number of piperidine rings is 1. The number of hydrogen-bond donors (Lipinski definition) is 2. The van der Waals surface area contributed by atoms with Crippen LogP contribution in [0.15, 0.2) is 30.3 Å². The van der Waals surface area contributed by atoms with Crippen LogP contribution in [0, 0.1) is 12.8 Å². The molecule has 2 aromatic rings. The van der Waals surface area contributed by atoms with Gasteiger partial charge in [-0.1, -0.05) is 12.1 Å². The zero-order valence-electron chi connectivity index (χ0n) is 19.2. The Balaban J connectivity index is 1.47. The fourth-order valence-corrected chi connectivity index (χ4v) is 5.18. The fourth-order valence-electron chi connectivity index (χ4n) is 5.18. The van der Waals surface area contributed by atoms with Gasteiger partial charge in [-0.25, -0.2) is 0 Å². The van der Waals surface area contributed by atoms with E-state index in [1.165, 1.54) is 0 Å². The summed E-state index contributed by atoms with van der Waals surface area (Å²) >= 11 is 0. The lowest BCUT2D eigenvalue weighted by Gasteiger charge is -2.40. The molecule has 2 aromatic carbocycles. The van der Waals surface area contributed by atoms with E-state index < -0.39 is 23.5 Å². The third-order valence-corrected chi connectivity index (χ3v) is 7.12. The van der Waals surface area contributed by atoms with Crippen molar-refractivity contribution in [2.75, 3.05) is 19.6 Å². The van der Waals surface area contributed by atoms with Crippen LogP contribution in [-0.4, -0.2) is 35.7 Å². The molecule has 0 amide bonds. The molecule has 35 heavy (non-hydrogen) atoms. The largest absolute Gasteiger partial charge is 0.507 e. The lowest BCUT2D eigenvalue weighted by molar-refractivity contribution is -0.142. The number of aryl methyl sites for hydroxylation is 1. The third-order valence-electron chi connectivity index (χ3n) is 7.12. The molecule has 192 valence electrons. The Hall–Kier alpha value is -2.30. The summed E-state index contributed by atoms with van der Waals surface area (Å²) in [6.45, 7) is 2.71. The number of phenols is 1. The van der Waals surface area contributed by atoms with Crippen LogP contribution in [0.3, 0.4) is 0 Å². The van der Waals surface area contributed by atoms with Crippen LogP contribution in [-0.2, 0) is 30.1 Å². The monoisotopic (exact) mass is 502 g/mol. The van der Waals surface area contributed by atoms with Gasteiger partial charge >= 0.3 is 12.4 Å². The minimum Gasteiger partial charge on any atom is -0.507 e. The lowest BCUT2D eigenvalue weighted by atomic mass is 9.83. The molecule has 2 atom stereocenters. The first-order valence-corrected chi connectivity index (χ1v) is 11.5. The minimum absolute atomic E-state index is 0.0944. The number of aromatic hydroxyl groups is 1. The summed E-state index contributed by atoms with van der Waals surface area (Å²) < 4.78 is 85.9. The topological polar surface area (TPSA) is 58.7 Å². The van der Waals surface area contributed by atoms with E-state index >= 15 is 0 Å². The Kier molecular flexibility index (Phi) is 7.09. The number of nitrogens with two attached hydrogens (primary N) is 1. The number of halogens is 6. The van der Waals surface area contributed by atoms with Gasteiger partial charge in [-0.15, -0.1) is 0 Å². The van der Waals surface area contributed by atoms with Gasteiger partial charge in [0, 0.05) is 25.1 Å². The maximum absolute atomic E-state index is 13.4. The molecule has 0 bridgehead atoms. The third kappa shape index (κ3) is 5.44. The number of likely N-dealkylation sites (tertiary alicyclic amines) is 1. The summed E-state index contributed by atoms with van der Waals surface area (Å²) in [5, 5.41) is 10.6. The summed E-state index contributed by atoms with van der Waals surface area (Å²) in [6, 6.07) is 5.32. The van der Waals surface area contributed by atoms with Crippen molar-refractivity contribution in [3.05, 3.63) is 63.7 Å². The highest BCUT2D eigenvalue weighted by atomic mass is 19.4. The van der Waals surface area contributed by atoms with Gasteiger partial charge in [0.2, 0.25) is 0 Å². The van der Waals surface area contributed by atoms with E-state index in [4.69, 9.17) is 10.5 Å². The molecule has 1 fully saturated rings. The highest BCUT2D eigenvalue weighted by Gasteiger charge is 2.39. The summed E-state index contributed by atoms with van der Waals surface area (Å²) in [5.41, 5.74) is 5.85. The molecule has 3 N–H and O–H groups in total. The standard InChI is InChI=1S/C25H28F6N2O2/c1-14-2-4-18-19(23(14)34)11-21(35-22(18)12-32)15-6-8-33(9-7-15)13-16-10-17(24(26,27)28)3-5-20(16)25(29,30)31/h2-5,10,15,21-22,34H,6-9,11-13,32H2,1H3/t21-,22-/m0/s1. The first kappa shape index (κ1) is 25.8. The van der Waals surface area contributed by atoms with Crippen LogP contribution in [0.25, 0.3) is 0 Å². The summed E-state index contributed by atoms with van der Waals surface area (Å²) in [4.78, 5) is 1.75. The Labute approximate surface area is 199 Å². The average Bonchev–Trinajstić information content (AvgIpc) is 2.80.